The molecule has 2 atom stereocenters. The minimum Gasteiger partial charge on any atom is -0.376 e. The SMILES string of the molecule is CC1OCCC1Nc1n[nH]c(=S)s1. The maximum Gasteiger partial charge on any atom is 0.204 e. The minimum atomic E-state index is 0.262. The monoisotopic (exact) mass is 217 g/mol. The first kappa shape index (κ1) is 9.11. The highest BCUT2D eigenvalue weighted by Crippen LogP contribution is 2.19. The van der Waals surface area contributed by atoms with E-state index in [1.54, 1.807) is 0 Å². The number of ether oxygens (including phenoxy) is 1. The molecule has 1 saturated heterocycles. The molecule has 1 aliphatic rings. The predicted octanol–water partition coefficient (Wildman–Crippen LogP) is 1.79. The third kappa shape index (κ3) is 2.07. The van der Waals surface area contributed by atoms with Gasteiger partial charge in [0, 0.05) is 6.61 Å². The summed E-state index contributed by atoms with van der Waals surface area (Å²) in [6.07, 6.45) is 1.30. The van der Waals surface area contributed by atoms with Crippen molar-refractivity contribution in [3.63, 3.8) is 0 Å². The average molecular weight is 217 g/mol. The van der Waals surface area contributed by atoms with Gasteiger partial charge in [-0.2, -0.15) is 0 Å². The Kier molecular flexibility index (Phi) is 2.61. The van der Waals surface area contributed by atoms with Crippen LogP contribution in [-0.2, 0) is 4.74 Å². The van der Waals surface area contributed by atoms with Crippen LogP contribution in [0.1, 0.15) is 13.3 Å². The minimum absolute atomic E-state index is 0.262. The zero-order valence-electron chi connectivity index (χ0n) is 7.24. The van der Waals surface area contributed by atoms with Crippen molar-refractivity contribution in [3.05, 3.63) is 3.95 Å². The summed E-state index contributed by atoms with van der Waals surface area (Å²) in [5, 5.41) is 10.9. The van der Waals surface area contributed by atoms with Crippen molar-refractivity contribution in [2.75, 3.05) is 11.9 Å². The third-order valence-electron chi connectivity index (χ3n) is 2.12. The van der Waals surface area contributed by atoms with Crippen LogP contribution >= 0.6 is 23.6 Å². The molecule has 4 nitrogen and oxygen atoms in total. The number of nitrogens with one attached hydrogen (secondary N) is 2. The molecule has 13 heavy (non-hydrogen) atoms. The molecule has 1 fully saturated rings. The third-order valence-corrected chi connectivity index (χ3v) is 3.14. The molecule has 2 heterocycles. The van der Waals surface area contributed by atoms with Crippen LogP contribution in [0.5, 0.6) is 0 Å². The van der Waals surface area contributed by atoms with E-state index >= 15 is 0 Å². The van der Waals surface area contributed by atoms with Crippen molar-refractivity contribution in [3.8, 4) is 0 Å². The summed E-state index contributed by atoms with van der Waals surface area (Å²) in [6.45, 7) is 2.89. The van der Waals surface area contributed by atoms with Gasteiger partial charge in [-0.3, -0.25) is 5.10 Å². The Labute approximate surface area is 85.3 Å². The summed E-state index contributed by atoms with van der Waals surface area (Å²) in [5.74, 6) is 0. The highest BCUT2D eigenvalue weighted by molar-refractivity contribution is 7.73. The Morgan fingerprint density at radius 2 is 2.62 bits per heavy atom. The molecule has 0 radical (unpaired) electrons. The lowest BCUT2D eigenvalue weighted by Gasteiger charge is -2.14. The zero-order valence-corrected chi connectivity index (χ0v) is 8.87. The van der Waals surface area contributed by atoms with Crippen LogP contribution in [0, 0.1) is 3.95 Å². The second-order valence-corrected chi connectivity index (χ2v) is 4.70. The molecule has 0 bridgehead atoms. The van der Waals surface area contributed by atoms with Gasteiger partial charge in [-0.1, -0.05) is 11.3 Å². The maximum atomic E-state index is 5.42. The van der Waals surface area contributed by atoms with E-state index in [1.165, 1.54) is 11.3 Å². The number of anilines is 1. The van der Waals surface area contributed by atoms with Gasteiger partial charge in [0.05, 0.1) is 12.1 Å². The molecule has 1 aromatic heterocycles. The smallest absolute Gasteiger partial charge is 0.204 e. The van der Waals surface area contributed by atoms with Crippen LogP contribution < -0.4 is 5.32 Å². The van der Waals surface area contributed by atoms with E-state index in [4.69, 9.17) is 17.0 Å². The van der Waals surface area contributed by atoms with E-state index in [1.807, 2.05) is 0 Å². The van der Waals surface area contributed by atoms with Gasteiger partial charge in [0.25, 0.3) is 0 Å². The molecular formula is C7H11N3OS2. The van der Waals surface area contributed by atoms with Crippen molar-refractivity contribution in [1.82, 2.24) is 10.2 Å². The lowest BCUT2D eigenvalue weighted by molar-refractivity contribution is 0.121. The number of H-pyrrole nitrogens is 1. The molecule has 0 spiro atoms. The quantitative estimate of drug-likeness (QED) is 0.742. The molecular weight excluding hydrogens is 206 g/mol. The standard InChI is InChI=1S/C7H11N3OS2/c1-4-5(2-3-11-4)8-6-9-10-7(12)13-6/h4-5H,2-3H2,1H3,(H,8,9)(H,10,12). The molecule has 0 aliphatic carbocycles. The molecule has 1 aromatic rings. The van der Waals surface area contributed by atoms with Gasteiger partial charge in [-0.15, -0.1) is 5.10 Å². The van der Waals surface area contributed by atoms with Crippen molar-refractivity contribution >= 4 is 28.7 Å². The van der Waals surface area contributed by atoms with E-state index in [0.717, 1.165) is 18.2 Å². The van der Waals surface area contributed by atoms with Gasteiger partial charge < -0.3 is 10.1 Å². The molecule has 0 amide bonds. The normalized spacial score (nSPS) is 27.8. The average Bonchev–Trinajstić information content (AvgIpc) is 2.64. The second-order valence-electron chi connectivity index (χ2n) is 3.03. The van der Waals surface area contributed by atoms with Crippen molar-refractivity contribution in [2.45, 2.75) is 25.5 Å². The van der Waals surface area contributed by atoms with Crippen LogP contribution in [0.3, 0.4) is 0 Å². The zero-order chi connectivity index (χ0) is 9.26. The summed E-state index contributed by atoms with van der Waals surface area (Å²) in [4.78, 5) is 0. The largest absolute Gasteiger partial charge is 0.376 e. The number of aromatic nitrogens is 2. The Morgan fingerprint density at radius 1 is 1.77 bits per heavy atom. The highest BCUT2D eigenvalue weighted by Gasteiger charge is 2.24. The van der Waals surface area contributed by atoms with Crippen LogP contribution in [-0.4, -0.2) is 29.0 Å². The molecule has 1 aliphatic heterocycles. The number of rotatable bonds is 2. The van der Waals surface area contributed by atoms with Crippen LogP contribution in [0.4, 0.5) is 5.13 Å². The summed E-state index contributed by atoms with van der Waals surface area (Å²) in [5.41, 5.74) is 0. The maximum absolute atomic E-state index is 5.42. The van der Waals surface area contributed by atoms with E-state index in [9.17, 15) is 0 Å². The number of nitrogens with zero attached hydrogens (tertiary/aromatic N) is 1. The lowest BCUT2D eigenvalue weighted by atomic mass is 10.2. The lowest BCUT2D eigenvalue weighted by Crippen LogP contribution is -2.26. The number of aromatic amines is 1. The topological polar surface area (TPSA) is 49.9 Å². The predicted molar refractivity (Wildman–Crippen MR) is 54.7 cm³/mol. The number of hydrogen-bond donors (Lipinski definition) is 2. The van der Waals surface area contributed by atoms with Gasteiger partial charge in [0.1, 0.15) is 0 Å². The summed E-state index contributed by atoms with van der Waals surface area (Å²) in [7, 11) is 0. The van der Waals surface area contributed by atoms with E-state index in [2.05, 4.69) is 22.4 Å². The number of hydrogen-bond acceptors (Lipinski definition) is 5. The molecule has 6 heteroatoms. The van der Waals surface area contributed by atoms with E-state index in [0.29, 0.717) is 10.00 Å². The molecule has 72 valence electrons. The summed E-state index contributed by atoms with van der Waals surface area (Å²) in [6, 6.07) is 0.369. The van der Waals surface area contributed by atoms with Crippen molar-refractivity contribution in [1.29, 1.82) is 0 Å². The van der Waals surface area contributed by atoms with E-state index in [-0.39, 0.29) is 6.10 Å². The van der Waals surface area contributed by atoms with E-state index < -0.39 is 0 Å². The second kappa shape index (κ2) is 3.73. The van der Waals surface area contributed by atoms with Crippen molar-refractivity contribution < 1.29 is 4.74 Å². The molecule has 2 rings (SSSR count). The van der Waals surface area contributed by atoms with Gasteiger partial charge in [-0.25, -0.2) is 0 Å². The molecule has 0 aromatic carbocycles. The first-order valence-electron chi connectivity index (χ1n) is 4.19. The Bertz CT molecular complexity index is 334. The Morgan fingerprint density at radius 3 is 3.15 bits per heavy atom. The Hall–Kier alpha value is -0.460. The van der Waals surface area contributed by atoms with Crippen LogP contribution in [0.2, 0.25) is 0 Å². The van der Waals surface area contributed by atoms with Gasteiger partial charge in [0.15, 0.2) is 3.95 Å². The van der Waals surface area contributed by atoms with Gasteiger partial charge >= 0.3 is 0 Å². The van der Waals surface area contributed by atoms with Crippen LogP contribution in [0.25, 0.3) is 0 Å². The van der Waals surface area contributed by atoms with Gasteiger partial charge in [0.2, 0.25) is 5.13 Å². The first-order chi connectivity index (χ1) is 6.25. The van der Waals surface area contributed by atoms with Crippen molar-refractivity contribution in [2.24, 2.45) is 0 Å². The Balaban J connectivity index is 2.01. The summed E-state index contributed by atoms with van der Waals surface area (Å²) >= 11 is 6.39. The molecule has 2 N–H and O–H groups in total. The summed E-state index contributed by atoms with van der Waals surface area (Å²) < 4.78 is 6.13. The van der Waals surface area contributed by atoms with Crippen LogP contribution in [0.15, 0.2) is 0 Å². The van der Waals surface area contributed by atoms with Gasteiger partial charge in [-0.05, 0) is 25.6 Å². The highest BCUT2D eigenvalue weighted by atomic mass is 32.1. The fourth-order valence-corrected chi connectivity index (χ4v) is 2.22. The molecule has 0 saturated carbocycles. The molecule has 2 unspecified atom stereocenters. The fourth-order valence-electron chi connectivity index (χ4n) is 1.37. The first-order valence-corrected chi connectivity index (χ1v) is 5.42. The fraction of sp³-hybridized carbons (Fsp3) is 0.714.